The summed E-state index contributed by atoms with van der Waals surface area (Å²) in [6.45, 7) is 8.06. The fourth-order valence-electron chi connectivity index (χ4n) is 3.89. The summed E-state index contributed by atoms with van der Waals surface area (Å²) in [4.78, 5) is 30.8. The number of halogens is 1. The molecule has 0 atom stereocenters. The van der Waals surface area contributed by atoms with Crippen molar-refractivity contribution in [3.8, 4) is 11.1 Å². The minimum Gasteiger partial charge on any atom is -0.326 e. The summed E-state index contributed by atoms with van der Waals surface area (Å²) in [7, 11) is 0. The van der Waals surface area contributed by atoms with Gasteiger partial charge in [-0.25, -0.2) is 4.98 Å². The maximum atomic E-state index is 13.6. The fraction of sp³-hybridized carbons (Fsp3) is 0.276. The number of aromatic nitrogens is 2. The molecule has 0 spiro atoms. The normalized spacial score (nSPS) is 11.6. The van der Waals surface area contributed by atoms with Crippen LogP contribution in [0.1, 0.15) is 45.5 Å². The molecule has 1 N–H and O–H groups in total. The molecule has 0 saturated carbocycles. The average Bonchev–Trinajstić information content (AvgIpc) is 2.82. The van der Waals surface area contributed by atoms with E-state index in [4.69, 9.17) is 16.6 Å². The fourth-order valence-corrected chi connectivity index (χ4v) is 4.08. The highest BCUT2D eigenvalue weighted by atomic mass is 35.5. The van der Waals surface area contributed by atoms with Crippen LogP contribution in [0.5, 0.6) is 0 Å². The molecule has 1 amide bonds. The molecule has 6 heteroatoms. The van der Waals surface area contributed by atoms with Crippen LogP contribution in [0.25, 0.3) is 22.0 Å². The molecule has 0 aliphatic heterocycles. The van der Waals surface area contributed by atoms with Crippen LogP contribution in [0, 0.1) is 5.41 Å². The Morgan fingerprint density at radius 1 is 1.00 bits per heavy atom. The second kappa shape index (κ2) is 10.0. The standard InChI is InChI=1S/C29H30ClN3O2/c1-5-7-26-32-25-15-14-23(31-28(35)29(2,3)4)17-24(25)27(34)33(26)18-19-10-12-20(13-11-19)21-8-6-9-22(30)16-21/h6,8-17H,5,7,18H2,1-4H3,(H,31,35). The molecular formula is C29H30ClN3O2. The van der Waals surface area contributed by atoms with E-state index in [-0.39, 0.29) is 11.5 Å². The number of anilines is 1. The summed E-state index contributed by atoms with van der Waals surface area (Å²) >= 11 is 6.14. The van der Waals surface area contributed by atoms with E-state index in [0.29, 0.717) is 34.6 Å². The molecule has 0 saturated heterocycles. The zero-order valence-electron chi connectivity index (χ0n) is 20.6. The smallest absolute Gasteiger partial charge is 0.261 e. The van der Waals surface area contributed by atoms with Gasteiger partial charge in [-0.15, -0.1) is 0 Å². The monoisotopic (exact) mass is 487 g/mol. The molecule has 1 aromatic heterocycles. The lowest BCUT2D eigenvalue weighted by Gasteiger charge is -2.18. The molecule has 4 rings (SSSR count). The summed E-state index contributed by atoms with van der Waals surface area (Å²) in [5.41, 5.74) is 3.71. The van der Waals surface area contributed by atoms with Crippen LogP contribution in [0.15, 0.2) is 71.5 Å². The number of nitrogens with one attached hydrogen (secondary N) is 1. The highest BCUT2D eigenvalue weighted by Crippen LogP contribution is 2.24. The Morgan fingerprint density at radius 2 is 1.74 bits per heavy atom. The second-order valence-corrected chi connectivity index (χ2v) is 10.2. The van der Waals surface area contributed by atoms with E-state index in [1.807, 2.05) is 69.3 Å². The molecule has 4 aromatic rings. The highest BCUT2D eigenvalue weighted by molar-refractivity contribution is 6.30. The largest absolute Gasteiger partial charge is 0.326 e. The van der Waals surface area contributed by atoms with Gasteiger partial charge < -0.3 is 5.32 Å². The summed E-state index contributed by atoms with van der Waals surface area (Å²) < 4.78 is 1.75. The third-order valence-corrected chi connectivity index (χ3v) is 6.13. The maximum Gasteiger partial charge on any atom is 0.261 e. The van der Waals surface area contributed by atoms with Crippen LogP contribution in [-0.4, -0.2) is 15.5 Å². The summed E-state index contributed by atoms with van der Waals surface area (Å²) in [6.07, 6.45) is 1.58. The van der Waals surface area contributed by atoms with Crippen molar-refractivity contribution in [3.63, 3.8) is 0 Å². The first-order valence-corrected chi connectivity index (χ1v) is 12.2. The number of amides is 1. The van der Waals surface area contributed by atoms with Crippen LogP contribution in [0.3, 0.4) is 0 Å². The number of benzene rings is 3. The zero-order valence-corrected chi connectivity index (χ0v) is 21.3. The molecule has 0 unspecified atom stereocenters. The van der Waals surface area contributed by atoms with E-state index < -0.39 is 5.41 Å². The first kappa shape index (κ1) is 24.7. The van der Waals surface area contributed by atoms with E-state index in [2.05, 4.69) is 12.2 Å². The SMILES string of the molecule is CCCc1nc2ccc(NC(=O)C(C)(C)C)cc2c(=O)n1Cc1ccc(-c2cccc(Cl)c2)cc1. The maximum absolute atomic E-state index is 13.6. The van der Waals surface area contributed by atoms with Gasteiger partial charge in [0.25, 0.3) is 5.56 Å². The molecule has 0 radical (unpaired) electrons. The first-order chi connectivity index (χ1) is 16.7. The number of carbonyl (C=O) groups excluding carboxylic acids is 1. The van der Waals surface area contributed by atoms with Gasteiger partial charge in [0, 0.05) is 22.5 Å². The molecule has 180 valence electrons. The molecule has 5 nitrogen and oxygen atoms in total. The number of hydrogen-bond acceptors (Lipinski definition) is 3. The van der Waals surface area contributed by atoms with Crippen LogP contribution < -0.4 is 10.9 Å². The minimum atomic E-state index is -0.532. The third-order valence-electron chi connectivity index (χ3n) is 5.90. The predicted octanol–water partition coefficient (Wildman–Crippen LogP) is 6.70. The van der Waals surface area contributed by atoms with E-state index in [1.165, 1.54) is 0 Å². The molecule has 0 bridgehead atoms. The lowest BCUT2D eigenvalue weighted by molar-refractivity contribution is -0.123. The van der Waals surface area contributed by atoms with Crippen molar-refractivity contribution in [3.05, 3.63) is 93.5 Å². The van der Waals surface area contributed by atoms with Gasteiger partial charge in [-0.2, -0.15) is 0 Å². The van der Waals surface area contributed by atoms with Gasteiger partial charge in [0.15, 0.2) is 0 Å². The Bertz CT molecular complexity index is 1430. The Balaban J connectivity index is 1.69. The van der Waals surface area contributed by atoms with Crippen molar-refractivity contribution < 1.29 is 4.79 Å². The van der Waals surface area contributed by atoms with Gasteiger partial charge in [0.05, 0.1) is 17.4 Å². The molecule has 0 fully saturated rings. The van der Waals surface area contributed by atoms with Crippen LogP contribution in [0.2, 0.25) is 5.02 Å². The lowest BCUT2D eigenvalue weighted by Crippen LogP contribution is -2.28. The summed E-state index contributed by atoms with van der Waals surface area (Å²) in [6, 6.07) is 21.2. The topological polar surface area (TPSA) is 64.0 Å². The number of rotatable bonds is 6. The predicted molar refractivity (Wildman–Crippen MR) is 144 cm³/mol. The number of hydrogen-bond donors (Lipinski definition) is 1. The number of aryl methyl sites for hydroxylation is 1. The van der Waals surface area contributed by atoms with Crippen molar-refractivity contribution in [2.24, 2.45) is 5.41 Å². The van der Waals surface area contributed by atoms with Gasteiger partial charge >= 0.3 is 0 Å². The molecule has 0 aliphatic rings. The van der Waals surface area contributed by atoms with Gasteiger partial charge in [-0.05, 0) is 53.4 Å². The van der Waals surface area contributed by atoms with E-state index >= 15 is 0 Å². The number of nitrogens with zero attached hydrogens (tertiary/aromatic N) is 2. The second-order valence-electron chi connectivity index (χ2n) is 9.81. The first-order valence-electron chi connectivity index (χ1n) is 11.9. The van der Waals surface area contributed by atoms with Crippen LogP contribution in [-0.2, 0) is 17.8 Å². The quantitative estimate of drug-likeness (QED) is 0.329. The molecule has 0 aliphatic carbocycles. The zero-order chi connectivity index (χ0) is 25.2. The van der Waals surface area contributed by atoms with E-state index in [1.54, 1.807) is 22.8 Å². The van der Waals surface area contributed by atoms with Crippen LogP contribution >= 0.6 is 11.6 Å². The number of carbonyl (C=O) groups is 1. The molecule has 3 aromatic carbocycles. The van der Waals surface area contributed by atoms with Crippen molar-refractivity contribution in [1.82, 2.24) is 9.55 Å². The Labute approximate surface area is 210 Å². The summed E-state index contributed by atoms with van der Waals surface area (Å²) in [5.74, 6) is 0.655. The van der Waals surface area contributed by atoms with E-state index in [0.717, 1.165) is 28.9 Å². The Kier molecular flexibility index (Phi) is 7.08. The lowest BCUT2D eigenvalue weighted by atomic mass is 9.95. The Morgan fingerprint density at radius 3 is 2.40 bits per heavy atom. The van der Waals surface area contributed by atoms with Crippen molar-refractivity contribution >= 4 is 34.1 Å². The van der Waals surface area contributed by atoms with Gasteiger partial charge in [0.2, 0.25) is 5.91 Å². The minimum absolute atomic E-state index is 0.104. The molecule has 1 heterocycles. The van der Waals surface area contributed by atoms with Crippen molar-refractivity contribution in [2.45, 2.75) is 47.1 Å². The average molecular weight is 488 g/mol. The van der Waals surface area contributed by atoms with Crippen molar-refractivity contribution in [1.29, 1.82) is 0 Å². The van der Waals surface area contributed by atoms with Crippen molar-refractivity contribution in [2.75, 3.05) is 5.32 Å². The van der Waals surface area contributed by atoms with Gasteiger partial charge in [-0.3, -0.25) is 14.2 Å². The summed E-state index contributed by atoms with van der Waals surface area (Å²) in [5, 5.41) is 4.10. The van der Waals surface area contributed by atoms with Gasteiger partial charge in [0.1, 0.15) is 5.82 Å². The molecular weight excluding hydrogens is 458 g/mol. The molecule has 35 heavy (non-hydrogen) atoms. The Hall–Kier alpha value is -3.44. The van der Waals surface area contributed by atoms with E-state index in [9.17, 15) is 9.59 Å². The highest BCUT2D eigenvalue weighted by Gasteiger charge is 2.21. The van der Waals surface area contributed by atoms with Gasteiger partial charge in [-0.1, -0.05) is 75.7 Å². The third kappa shape index (κ3) is 5.63. The van der Waals surface area contributed by atoms with Crippen LogP contribution in [0.4, 0.5) is 5.69 Å². The number of fused-ring (bicyclic) bond motifs is 1.